The molecule has 1 aliphatic heterocycles. The van der Waals surface area contributed by atoms with Crippen LogP contribution in [0.25, 0.3) is 0 Å². The number of nitrogens with zero attached hydrogens (tertiary/aromatic N) is 1. The molecule has 55 heavy (non-hydrogen) atoms. The van der Waals surface area contributed by atoms with Gasteiger partial charge in [0.2, 0.25) is 29.5 Å². The second kappa shape index (κ2) is 22.5. The van der Waals surface area contributed by atoms with Gasteiger partial charge in [-0.25, -0.2) is 0 Å². The van der Waals surface area contributed by atoms with Crippen molar-refractivity contribution in [2.45, 2.75) is 148 Å². The van der Waals surface area contributed by atoms with Crippen LogP contribution in [0.5, 0.6) is 0 Å². The fourth-order valence-corrected chi connectivity index (χ4v) is 7.52. The molecule has 1 aromatic rings. The highest BCUT2D eigenvalue weighted by Crippen LogP contribution is 2.28. The summed E-state index contributed by atoms with van der Waals surface area (Å²) < 4.78 is 6.05. The van der Waals surface area contributed by atoms with Crippen molar-refractivity contribution in [1.82, 2.24) is 26.2 Å². The number of ether oxygens (including phenoxy) is 1. The van der Waals surface area contributed by atoms with Gasteiger partial charge in [-0.2, -0.15) is 0 Å². The summed E-state index contributed by atoms with van der Waals surface area (Å²) in [6, 6.07) is 2.96. The Morgan fingerprint density at radius 2 is 1.55 bits per heavy atom. The van der Waals surface area contributed by atoms with Crippen LogP contribution in [0.1, 0.15) is 109 Å². The summed E-state index contributed by atoms with van der Waals surface area (Å²) in [5, 5.41) is 21.1. The highest BCUT2D eigenvalue weighted by atomic mass is 16.5. The number of cyclic esters (lactones) is 1. The zero-order valence-corrected chi connectivity index (χ0v) is 33.7. The predicted octanol–water partition coefficient (Wildman–Crippen LogP) is 2.41. The molecule has 1 saturated heterocycles. The van der Waals surface area contributed by atoms with E-state index in [1.165, 1.54) is 11.8 Å². The van der Waals surface area contributed by atoms with Crippen LogP contribution in [0, 0.1) is 24.7 Å². The molecule has 308 valence electrons. The maximum Gasteiger partial charge on any atom is 0.325 e. The van der Waals surface area contributed by atoms with Gasteiger partial charge >= 0.3 is 5.97 Å². The Bertz CT molecular complexity index is 1430. The Hall–Kier alpha value is -4.04. The van der Waals surface area contributed by atoms with Crippen molar-refractivity contribution < 1.29 is 38.6 Å². The topological polar surface area (TPSA) is 209 Å². The first-order valence-electron chi connectivity index (χ1n) is 20.2. The van der Waals surface area contributed by atoms with E-state index in [0.717, 1.165) is 49.7 Å². The number of aliphatic hydroxyl groups excluding tert-OH is 1. The first kappa shape index (κ1) is 45.4. The Morgan fingerprint density at radius 1 is 0.873 bits per heavy atom. The van der Waals surface area contributed by atoms with E-state index >= 15 is 0 Å². The van der Waals surface area contributed by atoms with Crippen LogP contribution in [0.3, 0.4) is 0 Å². The number of benzene rings is 1. The maximum atomic E-state index is 14.9. The molecule has 7 atom stereocenters. The van der Waals surface area contributed by atoms with Gasteiger partial charge in [0.15, 0.2) is 0 Å². The molecular formula is C41H66N6O8. The van der Waals surface area contributed by atoms with Crippen molar-refractivity contribution in [3.8, 4) is 0 Å². The van der Waals surface area contributed by atoms with E-state index in [0.29, 0.717) is 32.1 Å². The molecule has 0 aromatic heterocycles. The second-order valence-corrected chi connectivity index (χ2v) is 15.9. The Labute approximate surface area is 326 Å². The number of nitrogens with one attached hydrogen (secondary N) is 4. The summed E-state index contributed by atoms with van der Waals surface area (Å²) in [6.45, 7) is 8.33. The van der Waals surface area contributed by atoms with Crippen LogP contribution in [0.15, 0.2) is 24.3 Å². The van der Waals surface area contributed by atoms with Gasteiger partial charge in [0.05, 0.1) is 12.0 Å². The second-order valence-electron chi connectivity index (χ2n) is 15.9. The number of aliphatic hydroxyl groups is 1. The number of aryl methyl sites for hydroxylation is 1. The van der Waals surface area contributed by atoms with Gasteiger partial charge in [0, 0.05) is 13.6 Å². The van der Waals surface area contributed by atoms with Crippen molar-refractivity contribution in [2.24, 2.45) is 23.5 Å². The third-order valence-corrected chi connectivity index (χ3v) is 10.8. The molecule has 1 heterocycles. The molecule has 1 unspecified atom stereocenters. The van der Waals surface area contributed by atoms with Gasteiger partial charge in [0.1, 0.15) is 36.8 Å². The summed E-state index contributed by atoms with van der Waals surface area (Å²) in [6.07, 6.45) is 6.14. The molecule has 1 saturated carbocycles. The standard InChI is InChI=1S/C41H66N6O8/c1-7-8-9-13-16-33-30(22-28-19-17-26(4)18-20-28)41(54)47(6)32(21-25(2)3)38(51)46-36(29-14-11-10-12-15-29)40(53)44-31(23-42)37(50)45-35(27(5)48)39(52)43-24-34(49)55-33/h17-20,25,27,29-33,35-36,48H,7-16,21-24,42H2,1-6H3,(H,43,52)(H,44,53)(H,45,50)(H,46,51)/t27?,30-,31+,32+,33-,35+,36+/m1/s1. The predicted molar refractivity (Wildman–Crippen MR) is 209 cm³/mol. The van der Waals surface area contributed by atoms with Crippen LogP contribution in [-0.2, 0) is 39.9 Å². The quantitative estimate of drug-likeness (QED) is 0.136. The minimum absolute atomic E-state index is 0.0106. The molecule has 3 rings (SSSR count). The van der Waals surface area contributed by atoms with Gasteiger partial charge in [-0.05, 0) is 69.8 Å². The number of esters is 1. The Kier molecular flexibility index (Phi) is 18.6. The van der Waals surface area contributed by atoms with Crippen molar-refractivity contribution in [2.75, 3.05) is 20.1 Å². The SMILES string of the molecule is CCCCCC[C@H]1OC(=O)CNC(=O)[C@H](C(C)O)NC(=O)[C@H](CN)NC(=O)[C@H](C2CCCCC2)NC(=O)[C@H](CC(C)C)N(C)C(=O)[C@@H]1Cc1ccc(C)cc1. The van der Waals surface area contributed by atoms with Crippen molar-refractivity contribution in [1.29, 1.82) is 0 Å². The fourth-order valence-electron chi connectivity index (χ4n) is 7.52. The molecule has 1 aliphatic carbocycles. The molecular weight excluding hydrogens is 704 g/mol. The molecule has 1 aromatic carbocycles. The largest absolute Gasteiger partial charge is 0.460 e. The molecule has 7 N–H and O–H groups in total. The normalized spacial score (nSPS) is 26.5. The molecule has 0 radical (unpaired) electrons. The van der Waals surface area contributed by atoms with Gasteiger partial charge in [-0.3, -0.25) is 28.8 Å². The zero-order chi connectivity index (χ0) is 40.7. The van der Waals surface area contributed by atoms with E-state index < -0.39 is 78.4 Å². The monoisotopic (exact) mass is 770 g/mol. The molecule has 2 fully saturated rings. The molecule has 0 spiro atoms. The zero-order valence-electron chi connectivity index (χ0n) is 33.7. The van der Waals surface area contributed by atoms with Crippen LogP contribution >= 0.6 is 0 Å². The maximum absolute atomic E-state index is 14.9. The van der Waals surface area contributed by atoms with Crippen molar-refractivity contribution in [3.05, 3.63) is 35.4 Å². The third-order valence-electron chi connectivity index (χ3n) is 10.8. The Morgan fingerprint density at radius 3 is 2.15 bits per heavy atom. The van der Waals surface area contributed by atoms with Crippen LogP contribution in [0.4, 0.5) is 0 Å². The number of rotatable bonds is 12. The lowest BCUT2D eigenvalue weighted by Gasteiger charge is -2.36. The van der Waals surface area contributed by atoms with Gasteiger partial charge in [-0.1, -0.05) is 89.1 Å². The number of nitrogens with two attached hydrogens (primary N) is 1. The summed E-state index contributed by atoms with van der Waals surface area (Å²) >= 11 is 0. The minimum Gasteiger partial charge on any atom is -0.460 e. The lowest BCUT2D eigenvalue weighted by molar-refractivity contribution is -0.158. The third kappa shape index (κ3) is 13.9. The smallest absolute Gasteiger partial charge is 0.325 e. The lowest BCUT2D eigenvalue weighted by atomic mass is 9.83. The van der Waals surface area contributed by atoms with E-state index in [4.69, 9.17) is 10.5 Å². The molecule has 0 bridgehead atoms. The number of likely N-dealkylation sites (N-methyl/N-ethyl adjacent to an activating group) is 1. The first-order valence-corrected chi connectivity index (χ1v) is 20.2. The van der Waals surface area contributed by atoms with Gasteiger partial charge in [0.25, 0.3) is 0 Å². The number of unbranched alkanes of at least 4 members (excludes halogenated alkanes) is 3. The van der Waals surface area contributed by atoms with E-state index in [-0.39, 0.29) is 30.7 Å². The number of hydrogen-bond acceptors (Lipinski definition) is 9. The van der Waals surface area contributed by atoms with E-state index in [1.54, 1.807) is 7.05 Å². The average molecular weight is 771 g/mol. The molecule has 14 heteroatoms. The summed E-state index contributed by atoms with van der Waals surface area (Å²) in [4.78, 5) is 85.0. The molecule has 14 nitrogen and oxygen atoms in total. The van der Waals surface area contributed by atoms with E-state index in [2.05, 4.69) is 28.2 Å². The van der Waals surface area contributed by atoms with Crippen LogP contribution in [0.2, 0.25) is 0 Å². The van der Waals surface area contributed by atoms with Gasteiger partial charge in [-0.15, -0.1) is 0 Å². The van der Waals surface area contributed by atoms with E-state index in [9.17, 15) is 33.9 Å². The number of hydrogen-bond donors (Lipinski definition) is 6. The number of carbonyl (C=O) groups is 6. The first-order chi connectivity index (χ1) is 26.2. The van der Waals surface area contributed by atoms with Crippen molar-refractivity contribution in [3.63, 3.8) is 0 Å². The highest BCUT2D eigenvalue weighted by molar-refractivity contribution is 5.96. The Balaban J connectivity index is 2.15. The number of carbonyl (C=O) groups excluding carboxylic acids is 6. The van der Waals surface area contributed by atoms with E-state index in [1.807, 2.05) is 45.0 Å². The van der Waals surface area contributed by atoms with Crippen molar-refractivity contribution >= 4 is 35.5 Å². The number of amides is 5. The molecule has 2 aliphatic rings. The fraction of sp³-hybridized carbons (Fsp3) is 0.707. The summed E-state index contributed by atoms with van der Waals surface area (Å²) in [7, 11) is 1.58. The lowest BCUT2D eigenvalue weighted by Crippen LogP contribution is -2.62. The summed E-state index contributed by atoms with van der Waals surface area (Å²) in [5.74, 6) is -5.09. The van der Waals surface area contributed by atoms with Gasteiger partial charge < -0.3 is 41.7 Å². The van der Waals surface area contributed by atoms with Crippen LogP contribution < -0.4 is 27.0 Å². The average Bonchev–Trinajstić information content (AvgIpc) is 3.16. The molecule has 5 amide bonds. The van der Waals surface area contributed by atoms with Crippen LogP contribution in [-0.4, -0.2) is 102 Å². The minimum atomic E-state index is -1.49. The summed E-state index contributed by atoms with van der Waals surface area (Å²) in [5.41, 5.74) is 7.83. The highest BCUT2D eigenvalue weighted by Gasteiger charge is 2.41.